The fourth-order valence-corrected chi connectivity index (χ4v) is 2.69. The molecule has 0 spiro atoms. The third-order valence-corrected chi connectivity index (χ3v) is 4.93. The summed E-state index contributed by atoms with van der Waals surface area (Å²) in [5.74, 6) is 0.932. The molecule has 4 nitrogen and oxygen atoms in total. The van der Waals surface area contributed by atoms with Crippen LogP contribution in [0.2, 0.25) is 25.7 Å². The van der Waals surface area contributed by atoms with Gasteiger partial charge in [0.2, 0.25) is 0 Å². The monoisotopic (exact) mass is 289 g/mol. The largest absolute Gasteiger partial charge is 0.361 e. The van der Waals surface area contributed by atoms with E-state index in [9.17, 15) is 0 Å². The minimum absolute atomic E-state index is 0.514. The molecular weight excluding hydrogens is 266 g/mol. The zero-order valence-corrected chi connectivity index (χ0v) is 13.8. The molecule has 0 aliphatic heterocycles. The standard InChI is InChI=1S/C15H23N3OSi/c1-6-13-7-8-14-15(17-13)18(12(2)16-14)11-19-9-10-20(3,4)5/h6-8H,1,9-11H2,2-5H3. The van der Waals surface area contributed by atoms with Gasteiger partial charge in [-0.2, -0.15) is 0 Å². The molecule has 20 heavy (non-hydrogen) atoms. The Labute approximate surface area is 121 Å². The second-order valence-corrected chi connectivity index (χ2v) is 11.8. The van der Waals surface area contributed by atoms with Gasteiger partial charge in [0.05, 0.1) is 5.69 Å². The molecule has 0 saturated carbocycles. The molecule has 0 amide bonds. The summed E-state index contributed by atoms with van der Waals surface area (Å²) in [7, 11) is -1.04. The quantitative estimate of drug-likeness (QED) is 0.601. The molecular formula is C15H23N3OSi. The van der Waals surface area contributed by atoms with Gasteiger partial charge in [-0.15, -0.1) is 0 Å². The molecule has 0 radical (unpaired) electrons. The van der Waals surface area contributed by atoms with Gasteiger partial charge in [0.15, 0.2) is 5.65 Å². The molecule has 108 valence electrons. The highest BCUT2D eigenvalue weighted by Crippen LogP contribution is 2.15. The number of hydrogen-bond donors (Lipinski definition) is 0. The number of nitrogens with zero attached hydrogens (tertiary/aromatic N) is 3. The van der Waals surface area contributed by atoms with Crippen LogP contribution >= 0.6 is 0 Å². The number of aryl methyl sites for hydroxylation is 1. The van der Waals surface area contributed by atoms with Crippen LogP contribution in [-0.2, 0) is 11.5 Å². The number of hydrogen-bond acceptors (Lipinski definition) is 3. The highest BCUT2D eigenvalue weighted by molar-refractivity contribution is 6.76. The summed E-state index contributed by atoms with van der Waals surface area (Å²) in [5, 5.41) is 0. The van der Waals surface area contributed by atoms with E-state index in [1.54, 1.807) is 6.08 Å². The third kappa shape index (κ3) is 3.55. The Balaban J connectivity index is 2.12. The van der Waals surface area contributed by atoms with Crippen molar-refractivity contribution in [2.24, 2.45) is 0 Å². The Kier molecular flexibility index (Phi) is 4.40. The maximum Gasteiger partial charge on any atom is 0.162 e. The van der Waals surface area contributed by atoms with Crippen LogP contribution in [0.5, 0.6) is 0 Å². The first-order chi connectivity index (χ1) is 9.40. The van der Waals surface area contributed by atoms with Gasteiger partial charge in [-0.05, 0) is 31.2 Å². The molecule has 5 heteroatoms. The van der Waals surface area contributed by atoms with Crippen LogP contribution in [0, 0.1) is 6.92 Å². The second-order valence-electron chi connectivity index (χ2n) is 6.22. The normalized spacial score (nSPS) is 12.0. The summed E-state index contributed by atoms with van der Waals surface area (Å²) in [6.45, 7) is 14.1. The van der Waals surface area contributed by atoms with E-state index in [0.29, 0.717) is 6.73 Å². The minimum Gasteiger partial charge on any atom is -0.361 e. The summed E-state index contributed by atoms with van der Waals surface area (Å²) < 4.78 is 7.83. The number of fused-ring (bicyclic) bond motifs is 1. The van der Waals surface area contributed by atoms with Crippen molar-refractivity contribution in [3.8, 4) is 0 Å². The Morgan fingerprint density at radius 1 is 1.30 bits per heavy atom. The summed E-state index contributed by atoms with van der Waals surface area (Å²) in [5.41, 5.74) is 2.63. The maximum absolute atomic E-state index is 5.81. The molecule has 0 N–H and O–H groups in total. The number of pyridine rings is 1. The van der Waals surface area contributed by atoms with Gasteiger partial charge in [-0.3, -0.25) is 4.57 Å². The molecule has 0 unspecified atom stereocenters. The van der Waals surface area contributed by atoms with Crippen LogP contribution in [0.3, 0.4) is 0 Å². The predicted octanol–water partition coefficient (Wildman–Crippen LogP) is 3.70. The van der Waals surface area contributed by atoms with Gasteiger partial charge in [0.1, 0.15) is 18.1 Å². The summed E-state index contributed by atoms with van der Waals surface area (Å²) in [4.78, 5) is 9.06. The van der Waals surface area contributed by atoms with Crippen molar-refractivity contribution in [2.75, 3.05) is 6.61 Å². The van der Waals surface area contributed by atoms with Crippen molar-refractivity contribution < 1.29 is 4.74 Å². The lowest BCUT2D eigenvalue weighted by Gasteiger charge is -2.15. The molecule has 2 aromatic rings. The molecule has 2 heterocycles. The molecule has 0 atom stereocenters. The molecule has 0 bridgehead atoms. The van der Waals surface area contributed by atoms with E-state index in [-0.39, 0.29) is 0 Å². The smallest absolute Gasteiger partial charge is 0.162 e. The fraction of sp³-hybridized carbons (Fsp3) is 0.467. The topological polar surface area (TPSA) is 39.9 Å². The van der Waals surface area contributed by atoms with Gasteiger partial charge in [0.25, 0.3) is 0 Å². The van der Waals surface area contributed by atoms with Crippen molar-refractivity contribution in [3.05, 3.63) is 30.2 Å². The summed E-state index contributed by atoms with van der Waals surface area (Å²) >= 11 is 0. The van der Waals surface area contributed by atoms with Gasteiger partial charge in [-0.25, -0.2) is 9.97 Å². The fourth-order valence-electron chi connectivity index (χ4n) is 1.93. The molecule has 2 aromatic heterocycles. The zero-order valence-electron chi connectivity index (χ0n) is 12.8. The molecule has 0 saturated heterocycles. The van der Waals surface area contributed by atoms with E-state index in [1.807, 2.05) is 23.6 Å². The molecule has 0 fully saturated rings. The van der Waals surface area contributed by atoms with E-state index in [0.717, 1.165) is 29.3 Å². The van der Waals surface area contributed by atoms with E-state index in [2.05, 4.69) is 36.2 Å². The minimum atomic E-state index is -1.04. The number of ether oxygens (including phenoxy) is 1. The average Bonchev–Trinajstić information content (AvgIpc) is 2.68. The van der Waals surface area contributed by atoms with Crippen LogP contribution in [0.15, 0.2) is 18.7 Å². The van der Waals surface area contributed by atoms with Crippen LogP contribution in [0.4, 0.5) is 0 Å². The van der Waals surface area contributed by atoms with Gasteiger partial charge in [-0.1, -0.05) is 26.2 Å². The van der Waals surface area contributed by atoms with Crippen molar-refractivity contribution in [3.63, 3.8) is 0 Å². The number of imidazole rings is 1. The van der Waals surface area contributed by atoms with E-state index in [4.69, 9.17) is 4.74 Å². The number of rotatable bonds is 6. The maximum atomic E-state index is 5.81. The first-order valence-electron chi connectivity index (χ1n) is 6.95. The second kappa shape index (κ2) is 5.89. The zero-order chi connectivity index (χ0) is 14.8. The van der Waals surface area contributed by atoms with Crippen molar-refractivity contribution in [2.45, 2.75) is 39.3 Å². The molecule has 0 aliphatic rings. The molecule has 2 rings (SSSR count). The lowest BCUT2D eigenvalue weighted by atomic mass is 10.3. The SMILES string of the molecule is C=Cc1ccc2nc(C)n(COCC[Si](C)(C)C)c2n1. The van der Waals surface area contributed by atoms with E-state index >= 15 is 0 Å². The van der Waals surface area contributed by atoms with Crippen molar-refractivity contribution in [1.29, 1.82) is 0 Å². The lowest BCUT2D eigenvalue weighted by molar-refractivity contribution is 0.0881. The summed E-state index contributed by atoms with van der Waals surface area (Å²) in [6.07, 6.45) is 1.75. The Hall–Kier alpha value is -1.46. The van der Waals surface area contributed by atoms with Crippen LogP contribution < -0.4 is 0 Å². The van der Waals surface area contributed by atoms with Crippen LogP contribution in [0.25, 0.3) is 17.2 Å². The molecule has 0 aliphatic carbocycles. The Morgan fingerprint density at radius 3 is 2.70 bits per heavy atom. The van der Waals surface area contributed by atoms with Crippen molar-refractivity contribution >= 4 is 25.3 Å². The van der Waals surface area contributed by atoms with Crippen LogP contribution in [-0.4, -0.2) is 29.2 Å². The van der Waals surface area contributed by atoms with E-state index < -0.39 is 8.07 Å². The third-order valence-electron chi connectivity index (χ3n) is 3.23. The van der Waals surface area contributed by atoms with Gasteiger partial charge in [0, 0.05) is 14.7 Å². The van der Waals surface area contributed by atoms with Gasteiger partial charge >= 0.3 is 0 Å². The highest BCUT2D eigenvalue weighted by atomic mass is 28.3. The lowest BCUT2D eigenvalue weighted by Crippen LogP contribution is -2.22. The predicted molar refractivity (Wildman–Crippen MR) is 86.5 cm³/mol. The van der Waals surface area contributed by atoms with Gasteiger partial charge < -0.3 is 4.74 Å². The van der Waals surface area contributed by atoms with Crippen LogP contribution in [0.1, 0.15) is 11.5 Å². The summed E-state index contributed by atoms with van der Waals surface area (Å²) in [6, 6.07) is 5.08. The highest BCUT2D eigenvalue weighted by Gasteiger charge is 2.13. The average molecular weight is 289 g/mol. The Bertz CT molecular complexity index is 613. The first-order valence-corrected chi connectivity index (χ1v) is 10.7. The molecule has 0 aromatic carbocycles. The van der Waals surface area contributed by atoms with Crippen molar-refractivity contribution in [1.82, 2.24) is 14.5 Å². The Morgan fingerprint density at radius 2 is 2.05 bits per heavy atom. The van der Waals surface area contributed by atoms with E-state index in [1.165, 1.54) is 6.04 Å². The first kappa shape index (κ1) is 14.9. The number of aromatic nitrogens is 3.